The van der Waals surface area contributed by atoms with Crippen LogP contribution in [0.25, 0.3) is 0 Å². The third-order valence-corrected chi connectivity index (χ3v) is 3.53. The molecule has 1 aliphatic rings. The van der Waals surface area contributed by atoms with Crippen molar-refractivity contribution >= 4 is 11.7 Å². The SMILES string of the molecule is CCC(O)CN1CCN(C(=O)c2nccnc2N)CC1. The zero-order valence-electron chi connectivity index (χ0n) is 11.7. The summed E-state index contributed by atoms with van der Waals surface area (Å²) in [5.74, 6) is -0.00683. The first-order valence-electron chi connectivity index (χ1n) is 6.88. The fourth-order valence-electron chi connectivity index (χ4n) is 2.22. The lowest BCUT2D eigenvalue weighted by Gasteiger charge is -2.35. The molecule has 1 unspecified atom stereocenters. The number of rotatable bonds is 4. The van der Waals surface area contributed by atoms with Crippen LogP contribution < -0.4 is 5.73 Å². The Morgan fingerprint density at radius 1 is 1.35 bits per heavy atom. The van der Waals surface area contributed by atoms with Gasteiger partial charge in [-0.3, -0.25) is 9.69 Å². The summed E-state index contributed by atoms with van der Waals surface area (Å²) in [6.07, 6.45) is 3.39. The minimum atomic E-state index is -0.298. The van der Waals surface area contributed by atoms with Gasteiger partial charge in [-0.05, 0) is 6.42 Å². The van der Waals surface area contributed by atoms with Crippen LogP contribution in [0.15, 0.2) is 12.4 Å². The zero-order valence-corrected chi connectivity index (χ0v) is 11.7. The highest BCUT2D eigenvalue weighted by Crippen LogP contribution is 2.11. The Balaban J connectivity index is 1.91. The summed E-state index contributed by atoms with van der Waals surface area (Å²) in [6.45, 7) is 5.36. The van der Waals surface area contributed by atoms with Crippen LogP contribution in [0.2, 0.25) is 0 Å². The van der Waals surface area contributed by atoms with Gasteiger partial charge in [0.25, 0.3) is 5.91 Å². The Hall–Kier alpha value is -1.73. The Bertz CT molecular complexity index is 460. The normalized spacial score (nSPS) is 18.0. The number of piperazine rings is 1. The Morgan fingerprint density at radius 3 is 2.60 bits per heavy atom. The average Bonchev–Trinajstić information content (AvgIpc) is 2.47. The maximum absolute atomic E-state index is 12.3. The van der Waals surface area contributed by atoms with Gasteiger partial charge in [0.15, 0.2) is 11.5 Å². The lowest BCUT2D eigenvalue weighted by atomic mass is 10.2. The maximum Gasteiger partial charge on any atom is 0.276 e. The van der Waals surface area contributed by atoms with Gasteiger partial charge in [-0.1, -0.05) is 6.92 Å². The van der Waals surface area contributed by atoms with Gasteiger partial charge < -0.3 is 15.7 Å². The third-order valence-electron chi connectivity index (χ3n) is 3.53. The predicted molar refractivity (Wildman–Crippen MR) is 75.1 cm³/mol. The van der Waals surface area contributed by atoms with E-state index in [1.807, 2.05) is 6.92 Å². The number of aromatic nitrogens is 2. The standard InChI is InChI=1S/C13H21N5O2/c1-2-10(19)9-17-5-7-18(8-6-17)13(20)11-12(14)16-4-3-15-11/h3-4,10,19H,2,5-9H2,1H3,(H2,14,16). The van der Waals surface area contributed by atoms with Gasteiger partial charge in [0, 0.05) is 45.1 Å². The fourth-order valence-corrected chi connectivity index (χ4v) is 2.22. The van der Waals surface area contributed by atoms with Crippen LogP contribution in [0.5, 0.6) is 0 Å². The van der Waals surface area contributed by atoms with Gasteiger partial charge in [-0.15, -0.1) is 0 Å². The van der Waals surface area contributed by atoms with Gasteiger partial charge in [-0.25, -0.2) is 9.97 Å². The first kappa shape index (κ1) is 14.7. The van der Waals surface area contributed by atoms with Crippen molar-refractivity contribution in [2.45, 2.75) is 19.4 Å². The molecule has 1 aliphatic heterocycles. The number of carbonyl (C=O) groups excluding carboxylic acids is 1. The van der Waals surface area contributed by atoms with Crippen molar-refractivity contribution in [3.8, 4) is 0 Å². The number of anilines is 1. The van der Waals surface area contributed by atoms with E-state index in [4.69, 9.17) is 5.73 Å². The van der Waals surface area contributed by atoms with Crippen molar-refractivity contribution in [3.63, 3.8) is 0 Å². The second-order valence-electron chi connectivity index (χ2n) is 4.95. The Labute approximate surface area is 118 Å². The molecule has 1 saturated heterocycles. The molecule has 1 aromatic heterocycles. The second kappa shape index (κ2) is 6.62. The number of amides is 1. The van der Waals surface area contributed by atoms with E-state index in [9.17, 15) is 9.90 Å². The molecule has 0 saturated carbocycles. The van der Waals surface area contributed by atoms with Crippen LogP contribution >= 0.6 is 0 Å². The highest BCUT2D eigenvalue weighted by atomic mass is 16.3. The fraction of sp³-hybridized carbons (Fsp3) is 0.615. The molecule has 7 heteroatoms. The van der Waals surface area contributed by atoms with E-state index < -0.39 is 0 Å². The quantitative estimate of drug-likeness (QED) is 0.778. The molecule has 1 fully saturated rings. The minimum Gasteiger partial charge on any atom is -0.392 e. The van der Waals surface area contributed by atoms with Crippen LogP contribution in [-0.4, -0.2) is 69.6 Å². The number of hydrogen-bond donors (Lipinski definition) is 2. The molecule has 0 aliphatic carbocycles. The number of aliphatic hydroxyl groups is 1. The number of nitrogens with two attached hydrogens (primary N) is 1. The summed E-state index contributed by atoms with van der Waals surface area (Å²) in [4.78, 5) is 24.1. The average molecular weight is 279 g/mol. The van der Waals surface area contributed by atoms with E-state index in [2.05, 4.69) is 14.9 Å². The number of nitrogens with zero attached hydrogens (tertiary/aromatic N) is 4. The van der Waals surface area contributed by atoms with Crippen LogP contribution in [-0.2, 0) is 0 Å². The first-order valence-corrected chi connectivity index (χ1v) is 6.88. The summed E-state index contributed by atoms with van der Waals surface area (Å²) in [5, 5.41) is 9.64. The summed E-state index contributed by atoms with van der Waals surface area (Å²) < 4.78 is 0. The molecule has 20 heavy (non-hydrogen) atoms. The number of aliphatic hydroxyl groups excluding tert-OH is 1. The molecular weight excluding hydrogens is 258 g/mol. The van der Waals surface area contributed by atoms with Crippen molar-refractivity contribution in [2.75, 3.05) is 38.5 Å². The first-order chi connectivity index (χ1) is 9.61. The number of nitrogen functional groups attached to an aromatic ring is 1. The van der Waals surface area contributed by atoms with Gasteiger partial charge in [0.05, 0.1) is 6.10 Å². The number of carbonyl (C=O) groups is 1. The van der Waals surface area contributed by atoms with Gasteiger partial charge in [-0.2, -0.15) is 0 Å². The topological polar surface area (TPSA) is 95.6 Å². The van der Waals surface area contributed by atoms with Crippen molar-refractivity contribution in [2.24, 2.45) is 0 Å². The molecule has 0 spiro atoms. The molecule has 0 bridgehead atoms. The van der Waals surface area contributed by atoms with Crippen molar-refractivity contribution in [3.05, 3.63) is 18.1 Å². The van der Waals surface area contributed by atoms with E-state index in [1.54, 1.807) is 4.90 Å². The number of hydrogen-bond acceptors (Lipinski definition) is 6. The lowest BCUT2D eigenvalue weighted by Crippen LogP contribution is -2.50. The summed E-state index contributed by atoms with van der Waals surface area (Å²) in [7, 11) is 0. The van der Waals surface area contributed by atoms with Gasteiger partial charge in [0.1, 0.15) is 0 Å². The van der Waals surface area contributed by atoms with E-state index in [1.165, 1.54) is 12.4 Å². The highest BCUT2D eigenvalue weighted by molar-refractivity contribution is 5.96. The smallest absolute Gasteiger partial charge is 0.276 e. The number of β-amino-alcohol motifs (C(OH)–C–C–N with tert-alkyl or cyclic N) is 1. The molecular formula is C13H21N5O2. The van der Waals surface area contributed by atoms with Crippen LogP contribution in [0.4, 0.5) is 5.82 Å². The molecule has 2 heterocycles. The molecule has 1 aromatic rings. The summed E-state index contributed by atoms with van der Waals surface area (Å²) >= 11 is 0. The summed E-state index contributed by atoms with van der Waals surface area (Å²) in [5.41, 5.74) is 5.89. The Morgan fingerprint density at radius 2 is 2.00 bits per heavy atom. The van der Waals surface area contributed by atoms with E-state index >= 15 is 0 Å². The highest BCUT2D eigenvalue weighted by Gasteiger charge is 2.25. The van der Waals surface area contributed by atoms with Crippen molar-refractivity contribution in [1.82, 2.24) is 19.8 Å². The van der Waals surface area contributed by atoms with Crippen LogP contribution in [0.1, 0.15) is 23.8 Å². The molecule has 3 N–H and O–H groups in total. The molecule has 2 rings (SSSR count). The Kier molecular flexibility index (Phi) is 4.86. The van der Waals surface area contributed by atoms with Crippen LogP contribution in [0.3, 0.4) is 0 Å². The van der Waals surface area contributed by atoms with Gasteiger partial charge >= 0.3 is 0 Å². The predicted octanol–water partition coefficient (Wildman–Crippen LogP) is -0.412. The zero-order chi connectivity index (χ0) is 14.5. The minimum absolute atomic E-state index is 0.168. The van der Waals surface area contributed by atoms with Crippen molar-refractivity contribution in [1.29, 1.82) is 0 Å². The van der Waals surface area contributed by atoms with E-state index in [-0.39, 0.29) is 23.5 Å². The summed E-state index contributed by atoms with van der Waals surface area (Å²) in [6, 6.07) is 0. The third kappa shape index (κ3) is 3.43. The molecule has 1 atom stereocenters. The lowest BCUT2D eigenvalue weighted by molar-refractivity contribution is 0.0520. The monoisotopic (exact) mass is 279 g/mol. The van der Waals surface area contributed by atoms with E-state index in [0.717, 1.165) is 19.5 Å². The molecule has 1 amide bonds. The largest absolute Gasteiger partial charge is 0.392 e. The van der Waals surface area contributed by atoms with Crippen LogP contribution in [0, 0.1) is 0 Å². The molecule has 0 radical (unpaired) electrons. The molecule has 0 aromatic carbocycles. The van der Waals surface area contributed by atoms with Crippen molar-refractivity contribution < 1.29 is 9.90 Å². The second-order valence-corrected chi connectivity index (χ2v) is 4.95. The van der Waals surface area contributed by atoms with E-state index in [0.29, 0.717) is 19.6 Å². The molecule has 7 nitrogen and oxygen atoms in total. The maximum atomic E-state index is 12.3. The van der Waals surface area contributed by atoms with Gasteiger partial charge in [0.2, 0.25) is 0 Å². The molecule has 110 valence electrons.